The lowest BCUT2D eigenvalue weighted by atomic mass is 10.2. The molecule has 0 aliphatic heterocycles. The predicted octanol–water partition coefficient (Wildman–Crippen LogP) is 1.44. The van der Waals surface area contributed by atoms with Gasteiger partial charge in [-0.15, -0.1) is 6.42 Å². The van der Waals surface area contributed by atoms with Crippen molar-refractivity contribution in [3.8, 4) is 12.3 Å². The number of carbonyl (C=O) groups is 2. The van der Waals surface area contributed by atoms with Crippen molar-refractivity contribution in [2.45, 2.75) is 45.9 Å². The van der Waals surface area contributed by atoms with Crippen LogP contribution in [0.25, 0.3) is 0 Å². The summed E-state index contributed by atoms with van der Waals surface area (Å²) < 4.78 is 15.0. The highest BCUT2D eigenvalue weighted by Crippen LogP contribution is 2.12. The van der Waals surface area contributed by atoms with E-state index in [1.165, 1.54) is 0 Å². The van der Waals surface area contributed by atoms with Gasteiger partial charge in [-0.1, -0.05) is 0 Å². The van der Waals surface area contributed by atoms with Gasteiger partial charge in [-0.3, -0.25) is 5.32 Å². The van der Waals surface area contributed by atoms with E-state index < -0.39 is 23.4 Å². The maximum atomic E-state index is 11.8. The molecule has 6 heteroatoms. The number of amides is 1. The summed E-state index contributed by atoms with van der Waals surface area (Å²) in [5, 5.41) is 2.23. The summed E-state index contributed by atoms with van der Waals surface area (Å²) in [4.78, 5) is 23.5. The van der Waals surface area contributed by atoms with Crippen LogP contribution >= 0.6 is 0 Å². The van der Waals surface area contributed by atoms with Crippen molar-refractivity contribution >= 4 is 12.1 Å². The maximum Gasteiger partial charge on any atom is 0.411 e. The van der Waals surface area contributed by atoms with E-state index in [0.717, 1.165) is 0 Å². The van der Waals surface area contributed by atoms with Gasteiger partial charge in [-0.25, -0.2) is 9.59 Å². The lowest BCUT2D eigenvalue weighted by Gasteiger charge is -2.28. The third-order valence-electron chi connectivity index (χ3n) is 1.80. The highest BCUT2D eigenvalue weighted by molar-refractivity contribution is 5.87. The molecule has 1 N–H and O–H groups in total. The average molecular weight is 271 g/mol. The first-order valence-electron chi connectivity index (χ1n) is 6.00. The molecule has 108 valence electrons. The Balaban J connectivity index is 5.01. The molecular formula is C13H21NO5. The van der Waals surface area contributed by atoms with E-state index >= 15 is 0 Å². The van der Waals surface area contributed by atoms with Crippen LogP contribution in [0.5, 0.6) is 0 Å². The Morgan fingerprint density at radius 3 is 2.16 bits per heavy atom. The van der Waals surface area contributed by atoms with Crippen LogP contribution in [0.2, 0.25) is 0 Å². The molecule has 1 amide bonds. The van der Waals surface area contributed by atoms with Crippen molar-refractivity contribution in [2.24, 2.45) is 0 Å². The van der Waals surface area contributed by atoms with Crippen molar-refractivity contribution < 1.29 is 23.8 Å². The average Bonchev–Trinajstić information content (AvgIpc) is 2.26. The Morgan fingerprint density at radius 2 is 1.79 bits per heavy atom. The van der Waals surface area contributed by atoms with Gasteiger partial charge < -0.3 is 14.2 Å². The Labute approximate surface area is 113 Å². The quantitative estimate of drug-likeness (QED) is 0.465. The van der Waals surface area contributed by atoms with Gasteiger partial charge in [-0.05, 0) is 40.5 Å². The molecule has 0 aliphatic carbocycles. The molecule has 0 radical (unpaired) electrons. The van der Waals surface area contributed by atoms with Gasteiger partial charge in [-0.2, -0.15) is 0 Å². The zero-order valence-electron chi connectivity index (χ0n) is 12.0. The van der Waals surface area contributed by atoms with E-state index in [-0.39, 0.29) is 13.2 Å². The minimum atomic E-state index is -1.97. The zero-order chi connectivity index (χ0) is 15.1. The molecule has 0 bridgehead atoms. The lowest BCUT2D eigenvalue weighted by molar-refractivity contribution is -0.167. The van der Waals surface area contributed by atoms with E-state index in [1.807, 2.05) is 0 Å². The van der Waals surface area contributed by atoms with Crippen molar-refractivity contribution in [3.05, 3.63) is 0 Å². The second kappa shape index (κ2) is 7.00. The fourth-order valence-electron chi connectivity index (χ4n) is 1.18. The molecule has 0 rings (SSSR count). The molecule has 0 heterocycles. The monoisotopic (exact) mass is 271 g/mol. The number of carbonyl (C=O) groups excluding carboxylic acids is 2. The van der Waals surface area contributed by atoms with Crippen LogP contribution in [-0.2, 0) is 19.0 Å². The summed E-state index contributed by atoms with van der Waals surface area (Å²) in [5.74, 6) is 1.25. The molecule has 0 aliphatic rings. The highest BCUT2D eigenvalue weighted by atomic mass is 16.6. The normalized spacial score (nSPS) is 13.9. The molecular weight excluding hydrogens is 250 g/mol. The van der Waals surface area contributed by atoms with E-state index in [9.17, 15) is 9.59 Å². The van der Waals surface area contributed by atoms with Gasteiger partial charge in [0.25, 0.3) is 0 Å². The number of alkyl carbamates (subject to hydrolysis) is 1. The molecule has 0 aromatic rings. The summed E-state index contributed by atoms with van der Waals surface area (Å²) in [6.45, 7) is 8.57. The minimum absolute atomic E-state index is 0.116. The van der Waals surface area contributed by atoms with Gasteiger partial charge >= 0.3 is 17.8 Å². The summed E-state index contributed by atoms with van der Waals surface area (Å²) >= 11 is 0. The van der Waals surface area contributed by atoms with Crippen LogP contribution in [0.3, 0.4) is 0 Å². The van der Waals surface area contributed by atoms with Gasteiger partial charge in [0.15, 0.2) is 0 Å². The standard InChI is InChI=1S/C13H21NO5/c1-7-13(18-9-3,10(15)17-8-2)14-11(16)19-12(4,5)6/h1H,8-9H2,2-6H3,(H,14,16). The molecule has 6 nitrogen and oxygen atoms in total. The van der Waals surface area contributed by atoms with Crippen LogP contribution in [-0.4, -0.2) is 36.6 Å². The van der Waals surface area contributed by atoms with E-state index in [2.05, 4.69) is 11.2 Å². The number of ether oxygens (including phenoxy) is 3. The molecule has 0 fully saturated rings. The molecule has 0 saturated carbocycles. The number of esters is 1. The fraction of sp³-hybridized carbons (Fsp3) is 0.692. The van der Waals surface area contributed by atoms with Crippen molar-refractivity contribution in [1.82, 2.24) is 5.32 Å². The van der Waals surface area contributed by atoms with E-state index in [1.54, 1.807) is 34.6 Å². The largest absolute Gasteiger partial charge is 0.462 e. The van der Waals surface area contributed by atoms with Crippen LogP contribution in [0, 0.1) is 12.3 Å². The van der Waals surface area contributed by atoms with Crippen molar-refractivity contribution in [2.75, 3.05) is 13.2 Å². The van der Waals surface area contributed by atoms with Crippen molar-refractivity contribution in [3.63, 3.8) is 0 Å². The van der Waals surface area contributed by atoms with E-state index in [4.69, 9.17) is 20.6 Å². The smallest absolute Gasteiger partial charge is 0.411 e. The lowest BCUT2D eigenvalue weighted by Crippen LogP contribution is -2.57. The first-order chi connectivity index (χ1) is 8.70. The van der Waals surface area contributed by atoms with Crippen LogP contribution < -0.4 is 5.32 Å². The summed E-state index contributed by atoms with van der Waals surface area (Å²) in [7, 11) is 0. The molecule has 1 atom stereocenters. The maximum absolute atomic E-state index is 11.8. The number of terminal acetylenes is 1. The molecule has 1 unspecified atom stereocenters. The predicted molar refractivity (Wildman–Crippen MR) is 69.2 cm³/mol. The minimum Gasteiger partial charge on any atom is -0.462 e. The van der Waals surface area contributed by atoms with Gasteiger partial charge in [0.1, 0.15) is 5.60 Å². The molecule has 0 aromatic heterocycles. The molecule has 0 saturated heterocycles. The van der Waals surface area contributed by atoms with Gasteiger partial charge in [0.2, 0.25) is 0 Å². The van der Waals surface area contributed by atoms with Gasteiger partial charge in [0, 0.05) is 6.61 Å². The summed E-state index contributed by atoms with van der Waals surface area (Å²) in [6, 6.07) is 0. The first-order valence-corrected chi connectivity index (χ1v) is 6.00. The third-order valence-corrected chi connectivity index (χ3v) is 1.80. The fourth-order valence-corrected chi connectivity index (χ4v) is 1.18. The second-order valence-corrected chi connectivity index (χ2v) is 4.61. The van der Waals surface area contributed by atoms with Crippen LogP contribution in [0.1, 0.15) is 34.6 Å². The van der Waals surface area contributed by atoms with Crippen LogP contribution in [0.4, 0.5) is 4.79 Å². The Hall–Kier alpha value is -1.74. The Kier molecular flexibility index (Phi) is 6.36. The SMILES string of the molecule is C#CC(NC(=O)OC(C)(C)C)(OCC)C(=O)OCC. The molecule has 19 heavy (non-hydrogen) atoms. The summed E-state index contributed by atoms with van der Waals surface area (Å²) in [6.07, 6.45) is 4.44. The highest BCUT2D eigenvalue weighted by Gasteiger charge is 2.42. The Bertz CT molecular complexity index is 366. The topological polar surface area (TPSA) is 73.9 Å². The number of nitrogens with one attached hydrogen (secondary N) is 1. The van der Waals surface area contributed by atoms with Crippen molar-refractivity contribution in [1.29, 1.82) is 0 Å². The second-order valence-electron chi connectivity index (χ2n) is 4.61. The number of hydrogen-bond donors (Lipinski definition) is 1. The molecule has 0 aromatic carbocycles. The van der Waals surface area contributed by atoms with Gasteiger partial charge in [0.05, 0.1) is 6.61 Å². The first kappa shape index (κ1) is 17.3. The summed E-state index contributed by atoms with van der Waals surface area (Å²) in [5.41, 5.74) is -2.68. The van der Waals surface area contributed by atoms with E-state index in [0.29, 0.717) is 0 Å². The molecule has 0 spiro atoms. The Morgan fingerprint density at radius 1 is 1.21 bits per heavy atom. The number of rotatable bonds is 5. The van der Waals surface area contributed by atoms with Crippen LogP contribution in [0.15, 0.2) is 0 Å². The zero-order valence-corrected chi connectivity index (χ0v) is 12.0. The number of hydrogen-bond acceptors (Lipinski definition) is 5. The third kappa shape index (κ3) is 5.62.